The fraction of sp³-hybridized carbons (Fsp3) is 0.208. The van der Waals surface area contributed by atoms with Crippen molar-refractivity contribution in [3.8, 4) is 0 Å². The van der Waals surface area contributed by atoms with Crippen LogP contribution in [-0.2, 0) is 28.6 Å². The number of halogens is 2. The number of carbonyl (C=O) groups is 1. The summed E-state index contributed by atoms with van der Waals surface area (Å²) in [7, 11) is -2.44. The first-order valence-corrected chi connectivity index (χ1v) is 13.1. The number of nitrogens with zero attached hydrogens (tertiary/aromatic N) is 2. The van der Waals surface area contributed by atoms with Gasteiger partial charge in [-0.25, -0.2) is 9.97 Å². The Balaban J connectivity index is 1.89. The van der Waals surface area contributed by atoms with E-state index in [0.717, 1.165) is 22.0 Å². The van der Waals surface area contributed by atoms with Crippen LogP contribution in [0.25, 0.3) is 0 Å². The van der Waals surface area contributed by atoms with Crippen molar-refractivity contribution in [2.24, 2.45) is 0 Å². The highest BCUT2D eigenvalue weighted by Crippen LogP contribution is 2.36. The van der Waals surface area contributed by atoms with E-state index in [4.69, 9.17) is 23.2 Å². The van der Waals surface area contributed by atoms with Gasteiger partial charge in [-0.15, -0.1) is 0 Å². The SMILES string of the molecule is C=CC(=O)Cc1ccc(Cl)c(Cc2ncc(Cl)c(Cc3ccccc3P(C)(C)=O)n2)c1. The van der Waals surface area contributed by atoms with Crippen LogP contribution in [0.4, 0.5) is 0 Å². The van der Waals surface area contributed by atoms with Gasteiger partial charge in [0.05, 0.1) is 10.7 Å². The van der Waals surface area contributed by atoms with Gasteiger partial charge in [0.15, 0.2) is 5.78 Å². The van der Waals surface area contributed by atoms with Crippen molar-refractivity contribution in [1.29, 1.82) is 0 Å². The van der Waals surface area contributed by atoms with Gasteiger partial charge in [0.25, 0.3) is 0 Å². The Morgan fingerprint density at radius 1 is 1.06 bits per heavy atom. The summed E-state index contributed by atoms with van der Waals surface area (Å²) in [6, 6.07) is 13.1. The Morgan fingerprint density at radius 2 is 1.81 bits per heavy atom. The van der Waals surface area contributed by atoms with Gasteiger partial charge in [0.1, 0.15) is 13.0 Å². The van der Waals surface area contributed by atoms with Crippen LogP contribution in [0.1, 0.15) is 28.2 Å². The molecule has 0 N–H and O–H groups in total. The lowest BCUT2D eigenvalue weighted by Crippen LogP contribution is -2.12. The van der Waals surface area contributed by atoms with Gasteiger partial charge in [0, 0.05) is 35.8 Å². The van der Waals surface area contributed by atoms with Crippen LogP contribution in [0.3, 0.4) is 0 Å². The van der Waals surface area contributed by atoms with Crippen LogP contribution >= 0.6 is 30.3 Å². The summed E-state index contributed by atoms with van der Waals surface area (Å²) in [5.74, 6) is 0.517. The quantitative estimate of drug-likeness (QED) is 0.320. The van der Waals surface area contributed by atoms with Crippen LogP contribution in [0.15, 0.2) is 61.3 Å². The lowest BCUT2D eigenvalue weighted by molar-refractivity contribution is -0.114. The molecule has 0 spiro atoms. The number of ketones is 1. The standard InChI is InChI=1S/C24H23Cl2N2O2P/c1-4-19(29)12-16-9-10-20(25)18(11-16)14-24-27-15-21(26)22(28-24)13-17-7-5-6-8-23(17)31(2,3)30/h4-11,15H,1,12-14H2,2-3H3. The van der Waals surface area contributed by atoms with E-state index in [-0.39, 0.29) is 12.2 Å². The Hall–Kier alpha value is -2.26. The highest BCUT2D eigenvalue weighted by Gasteiger charge is 2.17. The summed E-state index contributed by atoms with van der Waals surface area (Å²) in [6.45, 7) is 7.02. The molecule has 0 aliphatic heterocycles. The van der Waals surface area contributed by atoms with E-state index in [2.05, 4.69) is 16.5 Å². The van der Waals surface area contributed by atoms with Crippen molar-refractivity contribution < 1.29 is 9.36 Å². The topological polar surface area (TPSA) is 59.9 Å². The summed E-state index contributed by atoms with van der Waals surface area (Å²) in [4.78, 5) is 20.7. The molecule has 0 atom stereocenters. The zero-order chi connectivity index (χ0) is 22.6. The molecule has 7 heteroatoms. The maximum absolute atomic E-state index is 12.7. The third kappa shape index (κ3) is 6.13. The Labute approximate surface area is 192 Å². The van der Waals surface area contributed by atoms with Crippen LogP contribution in [0.5, 0.6) is 0 Å². The number of carbonyl (C=O) groups excluding carboxylic acids is 1. The molecule has 3 rings (SSSR count). The molecule has 0 amide bonds. The van der Waals surface area contributed by atoms with Gasteiger partial charge >= 0.3 is 0 Å². The average Bonchev–Trinajstić information content (AvgIpc) is 2.72. The molecular formula is C24H23Cl2N2O2P. The summed E-state index contributed by atoms with van der Waals surface area (Å²) in [6.07, 6.45) is 4.02. The molecule has 3 aromatic rings. The Morgan fingerprint density at radius 3 is 2.52 bits per heavy atom. The van der Waals surface area contributed by atoms with Crippen molar-refractivity contribution in [3.63, 3.8) is 0 Å². The average molecular weight is 473 g/mol. The van der Waals surface area contributed by atoms with Gasteiger partial charge in [-0.3, -0.25) is 4.79 Å². The summed E-state index contributed by atoms with van der Waals surface area (Å²) < 4.78 is 12.7. The second kappa shape index (κ2) is 9.91. The van der Waals surface area contributed by atoms with Gasteiger partial charge in [-0.05, 0) is 42.2 Å². The van der Waals surface area contributed by atoms with Gasteiger partial charge < -0.3 is 4.57 Å². The van der Waals surface area contributed by atoms with Gasteiger partial charge in [-0.1, -0.05) is 66.2 Å². The largest absolute Gasteiger partial charge is 0.319 e. The molecule has 0 radical (unpaired) electrons. The second-order valence-corrected chi connectivity index (χ2v) is 11.7. The summed E-state index contributed by atoms with van der Waals surface area (Å²) in [5.41, 5.74) is 3.29. The van der Waals surface area contributed by atoms with Gasteiger partial charge in [-0.2, -0.15) is 0 Å². The number of hydrogen-bond donors (Lipinski definition) is 0. The highest BCUT2D eigenvalue weighted by atomic mass is 35.5. The molecule has 2 aromatic carbocycles. The molecule has 4 nitrogen and oxygen atoms in total. The monoisotopic (exact) mass is 472 g/mol. The molecule has 0 saturated carbocycles. The van der Waals surface area contributed by atoms with E-state index in [0.29, 0.717) is 34.4 Å². The molecule has 1 heterocycles. The molecule has 0 saturated heterocycles. The molecule has 0 aliphatic rings. The van der Waals surface area contributed by atoms with Crippen molar-refractivity contribution in [2.45, 2.75) is 19.3 Å². The fourth-order valence-electron chi connectivity index (χ4n) is 3.34. The molecule has 31 heavy (non-hydrogen) atoms. The molecular weight excluding hydrogens is 450 g/mol. The lowest BCUT2D eigenvalue weighted by atomic mass is 10.0. The first-order chi connectivity index (χ1) is 14.7. The fourth-order valence-corrected chi connectivity index (χ4v) is 4.97. The smallest absolute Gasteiger partial charge is 0.159 e. The first-order valence-electron chi connectivity index (χ1n) is 9.73. The van der Waals surface area contributed by atoms with Crippen LogP contribution < -0.4 is 5.30 Å². The minimum Gasteiger partial charge on any atom is -0.319 e. The number of benzene rings is 2. The molecule has 160 valence electrons. The maximum Gasteiger partial charge on any atom is 0.159 e. The predicted octanol–water partition coefficient (Wildman–Crippen LogP) is 5.51. The molecule has 0 aliphatic carbocycles. The minimum absolute atomic E-state index is 0.0545. The maximum atomic E-state index is 12.7. The minimum atomic E-state index is -2.44. The van der Waals surface area contributed by atoms with E-state index in [9.17, 15) is 9.36 Å². The van der Waals surface area contributed by atoms with E-state index in [1.165, 1.54) is 6.08 Å². The molecule has 1 aromatic heterocycles. The predicted molar refractivity (Wildman–Crippen MR) is 129 cm³/mol. The van der Waals surface area contributed by atoms with E-state index >= 15 is 0 Å². The third-order valence-electron chi connectivity index (χ3n) is 4.86. The normalized spacial score (nSPS) is 11.4. The van der Waals surface area contributed by atoms with Crippen molar-refractivity contribution in [3.05, 3.63) is 99.6 Å². The van der Waals surface area contributed by atoms with E-state index < -0.39 is 7.14 Å². The third-order valence-corrected chi connectivity index (χ3v) is 7.14. The molecule has 0 fully saturated rings. The molecule has 0 unspecified atom stereocenters. The number of allylic oxidation sites excluding steroid dienone is 1. The lowest BCUT2D eigenvalue weighted by Gasteiger charge is -2.14. The number of rotatable bonds is 8. The van der Waals surface area contributed by atoms with Crippen molar-refractivity contribution >= 4 is 41.4 Å². The van der Waals surface area contributed by atoms with Crippen molar-refractivity contribution in [2.75, 3.05) is 13.3 Å². The van der Waals surface area contributed by atoms with Crippen molar-refractivity contribution in [1.82, 2.24) is 9.97 Å². The van der Waals surface area contributed by atoms with Gasteiger partial charge in [0.2, 0.25) is 0 Å². The zero-order valence-electron chi connectivity index (χ0n) is 17.4. The van der Waals surface area contributed by atoms with Crippen LogP contribution in [0, 0.1) is 0 Å². The van der Waals surface area contributed by atoms with Crippen LogP contribution in [0.2, 0.25) is 10.0 Å². The number of aromatic nitrogens is 2. The summed E-state index contributed by atoms with van der Waals surface area (Å²) in [5, 5.41) is 1.86. The second-order valence-electron chi connectivity index (χ2n) is 7.69. The Kier molecular flexibility index (Phi) is 7.48. The van der Waals surface area contributed by atoms with E-state index in [1.54, 1.807) is 25.6 Å². The van der Waals surface area contributed by atoms with Crippen LogP contribution in [-0.4, -0.2) is 29.1 Å². The first kappa shape index (κ1) is 23.4. The summed E-state index contributed by atoms with van der Waals surface area (Å²) >= 11 is 12.7. The Bertz CT molecular complexity index is 1190. The van der Waals surface area contributed by atoms with E-state index in [1.807, 2.05) is 36.4 Å². The highest BCUT2D eigenvalue weighted by molar-refractivity contribution is 7.70. The number of hydrogen-bond acceptors (Lipinski definition) is 4. The molecule has 0 bridgehead atoms. The zero-order valence-corrected chi connectivity index (χ0v) is 19.8.